The van der Waals surface area contributed by atoms with Gasteiger partial charge in [0.05, 0.1) is 11.1 Å². The highest BCUT2D eigenvalue weighted by molar-refractivity contribution is 6.07. The average Bonchev–Trinajstić information content (AvgIpc) is 3.13. The van der Waals surface area contributed by atoms with Crippen molar-refractivity contribution in [3.63, 3.8) is 0 Å². The van der Waals surface area contributed by atoms with Crippen molar-refractivity contribution >= 4 is 29.0 Å². The fraction of sp³-hybridized carbons (Fsp3) is 0.556. The highest BCUT2D eigenvalue weighted by Crippen LogP contribution is 2.45. The maximum atomic E-state index is 13.5. The molecule has 1 aromatic heterocycles. The van der Waals surface area contributed by atoms with Crippen LogP contribution in [0.5, 0.6) is 0 Å². The predicted octanol–water partition coefficient (Wildman–Crippen LogP) is 4.60. The number of carbonyl (C=O) groups is 2. The van der Waals surface area contributed by atoms with Crippen LogP contribution in [0.1, 0.15) is 76.0 Å². The molecule has 186 valence electrons. The van der Waals surface area contributed by atoms with Crippen LogP contribution in [0.25, 0.3) is 0 Å². The van der Waals surface area contributed by atoms with Crippen molar-refractivity contribution in [3.8, 4) is 0 Å². The summed E-state index contributed by atoms with van der Waals surface area (Å²) in [4.78, 5) is 26.4. The second kappa shape index (κ2) is 9.93. The number of anilines is 3. The number of rotatable bonds is 6. The summed E-state index contributed by atoms with van der Waals surface area (Å²) < 4.78 is 5.49. The van der Waals surface area contributed by atoms with Gasteiger partial charge in [0.25, 0.3) is 0 Å². The van der Waals surface area contributed by atoms with Gasteiger partial charge < -0.3 is 20.7 Å². The standard InChI is InChI=1S/C27H35N5O3/c1-17(2)21-10-11-23(32-31-21)30-24(18-6-4-3-5-7-18)25(33)28-19-8-9-20-22(16-19)29-26(34)27(20)12-14-35-15-13-27/h8-11,16-18,24H,3-7,12-15H2,1-2H3,(H,28,33)(H,29,34)(H,30,32). The number of nitrogens with one attached hydrogen (secondary N) is 3. The summed E-state index contributed by atoms with van der Waals surface area (Å²) in [7, 11) is 0. The SMILES string of the molecule is CC(C)c1ccc(NC(C(=O)Nc2ccc3c(c2)NC(=O)C32CCOCC2)C2CCCCC2)nn1. The third kappa shape index (κ3) is 4.76. The smallest absolute Gasteiger partial charge is 0.247 e. The number of fused-ring (bicyclic) bond motifs is 2. The Balaban J connectivity index is 1.34. The number of nitrogens with zero attached hydrogens (tertiary/aromatic N) is 2. The van der Waals surface area contributed by atoms with Crippen LogP contribution in [0, 0.1) is 5.92 Å². The summed E-state index contributed by atoms with van der Waals surface area (Å²) in [5.74, 6) is 1.09. The molecule has 3 N–H and O–H groups in total. The molecule has 1 spiro atoms. The third-order valence-electron chi connectivity index (χ3n) is 7.82. The number of aromatic nitrogens is 2. The van der Waals surface area contributed by atoms with E-state index in [1.807, 2.05) is 30.3 Å². The minimum Gasteiger partial charge on any atom is -0.381 e. The van der Waals surface area contributed by atoms with Gasteiger partial charge in [-0.25, -0.2) is 0 Å². The van der Waals surface area contributed by atoms with Gasteiger partial charge in [0.1, 0.15) is 11.9 Å². The lowest BCUT2D eigenvalue weighted by atomic mass is 9.75. The van der Waals surface area contributed by atoms with Crippen molar-refractivity contribution in [1.82, 2.24) is 10.2 Å². The van der Waals surface area contributed by atoms with E-state index in [2.05, 4.69) is 40.0 Å². The van der Waals surface area contributed by atoms with Crippen LogP contribution in [0.15, 0.2) is 30.3 Å². The first-order valence-corrected chi connectivity index (χ1v) is 12.9. The Morgan fingerprint density at radius 1 is 1.09 bits per heavy atom. The Morgan fingerprint density at radius 2 is 1.86 bits per heavy atom. The third-order valence-corrected chi connectivity index (χ3v) is 7.82. The normalized spacial score (nSPS) is 20.4. The summed E-state index contributed by atoms with van der Waals surface area (Å²) in [6.07, 6.45) is 6.85. The monoisotopic (exact) mass is 477 g/mol. The van der Waals surface area contributed by atoms with Crippen LogP contribution in [0.4, 0.5) is 17.2 Å². The Morgan fingerprint density at radius 3 is 2.54 bits per heavy atom. The predicted molar refractivity (Wildman–Crippen MR) is 136 cm³/mol. The second-order valence-corrected chi connectivity index (χ2v) is 10.4. The number of hydrogen-bond acceptors (Lipinski definition) is 6. The molecule has 0 bridgehead atoms. The molecule has 2 amide bonds. The highest BCUT2D eigenvalue weighted by atomic mass is 16.5. The topological polar surface area (TPSA) is 105 Å². The molecule has 2 aromatic rings. The maximum Gasteiger partial charge on any atom is 0.247 e. The maximum absolute atomic E-state index is 13.5. The Hall–Kier alpha value is -3.00. The average molecular weight is 478 g/mol. The molecule has 1 aromatic carbocycles. The van der Waals surface area contributed by atoms with Crippen molar-refractivity contribution < 1.29 is 14.3 Å². The van der Waals surface area contributed by atoms with E-state index in [1.54, 1.807) is 0 Å². The summed E-state index contributed by atoms with van der Waals surface area (Å²) in [5.41, 5.74) is 2.89. The molecule has 1 aliphatic carbocycles. The summed E-state index contributed by atoms with van der Waals surface area (Å²) in [6.45, 7) is 5.33. The van der Waals surface area contributed by atoms with Crippen molar-refractivity contribution in [2.45, 2.75) is 76.2 Å². The van der Waals surface area contributed by atoms with E-state index in [9.17, 15) is 9.59 Å². The van der Waals surface area contributed by atoms with Gasteiger partial charge in [-0.3, -0.25) is 9.59 Å². The van der Waals surface area contributed by atoms with Crippen LogP contribution >= 0.6 is 0 Å². The molecule has 8 heteroatoms. The second-order valence-electron chi connectivity index (χ2n) is 10.4. The molecule has 5 rings (SSSR count). The van der Waals surface area contributed by atoms with E-state index in [0.717, 1.165) is 42.6 Å². The van der Waals surface area contributed by atoms with Gasteiger partial charge in [0, 0.05) is 24.6 Å². The van der Waals surface area contributed by atoms with Crippen LogP contribution in [0.3, 0.4) is 0 Å². The van der Waals surface area contributed by atoms with Gasteiger partial charge in [-0.05, 0) is 67.3 Å². The summed E-state index contributed by atoms with van der Waals surface area (Å²) >= 11 is 0. The number of amides is 2. The lowest BCUT2D eigenvalue weighted by Crippen LogP contribution is -2.42. The zero-order valence-corrected chi connectivity index (χ0v) is 20.6. The molecule has 1 atom stereocenters. The van der Waals surface area contributed by atoms with Gasteiger partial charge in [-0.15, -0.1) is 5.10 Å². The molecular formula is C27H35N5O3. The van der Waals surface area contributed by atoms with Crippen molar-refractivity contribution in [3.05, 3.63) is 41.6 Å². The van der Waals surface area contributed by atoms with Crippen LogP contribution in [-0.4, -0.2) is 41.3 Å². The fourth-order valence-electron chi connectivity index (χ4n) is 5.70. The molecule has 0 radical (unpaired) electrons. The molecule has 1 unspecified atom stereocenters. The number of ether oxygens (including phenoxy) is 1. The first-order valence-electron chi connectivity index (χ1n) is 12.9. The quantitative estimate of drug-likeness (QED) is 0.562. The largest absolute Gasteiger partial charge is 0.381 e. The van der Waals surface area contributed by atoms with E-state index in [4.69, 9.17) is 4.74 Å². The van der Waals surface area contributed by atoms with Crippen molar-refractivity contribution in [2.75, 3.05) is 29.2 Å². The van der Waals surface area contributed by atoms with E-state index in [0.29, 0.717) is 43.5 Å². The molecule has 2 fully saturated rings. The zero-order valence-electron chi connectivity index (χ0n) is 20.6. The first kappa shape index (κ1) is 23.7. The van der Waals surface area contributed by atoms with Gasteiger partial charge in [0.2, 0.25) is 11.8 Å². The first-order chi connectivity index (χ1) is 17.0. The van der Waals surface area contributed by atoms with Crippen LogP contribution in [0.2, 0.25) is 0 Å². The Kier molecular flexibility index (Phi) is 6.73. The van der Waals surface area contributed by atoms with Gasteiger partial charge in [-0.2, -0.15) is 5.10 Å². The minimum atomic E-state index is -0.511. The van der Waals surface area contributed by atoms with Gasteiger partial charge in [0.15, 0.2) is 0 Å². The molecule has 3 aliphatic rings. The molecular weight excluding hydrogens is 442 g/mol. The highest BCUT2D eigenvalue weighted by Gasteiger charge is 2.47. The molecule has 1 saturated carbocycles. The fourth-order valence-corrected chi connectivity index (χ4v) is 5.70. The van der Waals surface area contributed by atoms with Gasteiger partial charge in [-0.1, -0.05) is 39.2 Å². The van der Waals surface area contributed by atoms with Crippen LogP contribution < -0.4 is 16.0 Å². The van der Waals surface area contributed by atoms with E-state index < -0.39 is 11.5 Å². The number of hydrogen-bond donors (Lipinski definition) is 3. The molecule has 2 aliphatic heterocycles. The summed E-state index contributed by atoms with van der Waals surface area (Å²) in [5, 5.41) is 18.2. The van der Waals surface area contributed by atoms with Crippen molar-refractivity contribution in [1.29, 1.82) is 0 Å². The van der Waals surface area contributed by atoms with Crippen LogP contribution in [-0.2, 0) is 19.7 Å². The van der Waals surface area contributed by atoms with E-state index >= 15 is 0 Å². The minimum absolute atomic E-state index is 0.0319. The summed E-state index contributed by atoms with van der Waals surface area (Å²) in [6, 6.07) is 9.23. The zero-order chi connectivity index (χ0) is 24.4. The van der Waals surface area contributed by atoms with Crippen molar-refractivity contribution in [2.24, 2.45) is 5.92 Å². The lowest BCUT2D eigenvalue weighted by molar-refractivity contribution is -0.124. The molecule has 3 heterocycles. The Bertz CT molecular complexity index is 1070. The molecule has 35 heavy (non-hydrogen) atoms. The molecule has 1 saturated heterocycles. The molecule has 8 nitrogen and oxygen atoms in total. The Labute approximate surface area is 206 Å². The lowest BCUT2D eigenvalue weighted by Gasteiger charge is -2.31. The number of carbonyl (C=O) groups excluding carboxylic acids is 2. The van der Waals surface area contributed by atoms with Gasteiger partial charge >= 0.3 is 0 Å². The van der Waals surface area contributed by atoms with E-state index in [-0.39, 0.29) is 17.7 Å². The number of benzene rings is 1. The van der Waals surface area contributed by atoms with E-state index in [1.165, 1.54) is 6.42 Å².